The van der Waals surface area contributed by atoms with Crippen LogP contribution < -0.4 is 0 Å². The van der Waals surface area contributed by atoms with Gasteiger partial charge in [-0.25, -0.2) is 9.50 Å². The number of carbonyl (C=O) groups excluding carboxylic acids is 1. The van der Waals surface area contributed by atoms with E-state index in [1.54, 1.807) is 0 Å². The summed E-state index contributed by atoms with van der Waals surface area (Å²) in [5, 5.41) is 4.50. The van der Waals surface area contributed by atoms with Crippen LogP contribution in [-0.2, 0) is 4.79 Å². The van der Waals surface area contributed by atoms with Gasteiger partial charge in [-0.15, -0.1) is 0 Å². The molecule has 0 aromatic carbocycles. The fourth-order valence-corrected chi connectivity index (χ4v) is 2.37. The second kappa shape index (κ2) is 3.95. The van der Waals surface area contributed by atoms with Crippen molar-refractivity contribution in [2.45, 2.75) is 38.5 Å². The molecule has 1 aliphatic carbocycles. The first-order chi connectivity index (χ1) is 8.22. The number of Topliss-reactive ketones (excluding diaryl/α,β-unsaturated/α-hetero) is 1. The zero-order valence-electron chi connectivity index (χ0n) is 9.89. The zero-order valence-corrected chi connectivity index (χ0v) is 9.89. The highest BCUT2D eigenvalue weighted by Crippen LogP contribution is 2.29. The van der Waals surface area contributed by atoms with Crippen molar-refractivity contribution >= 4 is 11.4 Å². The van der Waals surface area contributed by atoms with Crippen LogP contribution in [0.4, 0.5) is 0 Å². The van der Waals surface area contributed by atoms with Gasteiger partial charge >= 0.3 is 0 Å². The molecule has 2 heterocycles. The predicted molar refractivity (Wildman–Crippen MR) is 63.9 cm³/mol. The van der Waals surface area contributed by atoms with Gasteiger partial charge in [0, 0.05) is 25.0 Å². The van der Waals surface area contributed by atoms with Crippen molar-refractivity contribution in [1.82, 2.24) is 14.6 Å². The molecule has 0 N–H and O–H groups in total. The zero-order chi connectivity index (χ0) is 11.8. The van der Waals surface area contributed by atoms with E-state index in [0.29, 0.717) is 24.5 Å². The first-order valence-electron chi connectivity index (χ1n) is 6.07. The van der Waals surface area contributed by atoms with Crippen LogP contribution in [0.2, 0.25) is 0 Å². The van der Waals surface area contributed by atoms with Gasteiger partial charge < -0.3 is 0 Å². The topological polar surface area (TPSA) is 47.3 Å². The predicted octanol–water partition coefficient (Wildman–Crippen LogP) is 2.26. The molecule has 1 saturated carbocycles. The summed E-state index contributed by atoms with van der Waals surface area (Å²) in [5.41, 5.74) is 2.09. The van der Waals surface area contributed by atoms with Crippen molar-refractivity contribution in [3.8, 4) is 0 Å². The van der Waals surface area contributed by atoms with E-state index in [-0.39, 0.29) is 0 Å². The summed E-state index contributed by atoms with van der Waals surface area (Å²) in [6.45, 7) is 2.05. The van der Waals surface area contributed by atoms with Crippen LogP contribution in [0.3, 0.4) is 0 Å². The third kappa shape index (κ3) is 1.95. The highest BCUT2D eigenvalue weighted by molar-refractivity contribution is 5.79. The first-order valence-corrected chi connectivity index (χ1v) is 6.07. The van der Waals surface area contributed by atoms with Crippen LogP contribution in [-0.4, -0.2) is 20.4 Å². The number of pyridine rings is 1. The second-order valence-corrected chi connectivity index (χ2v) is 4.79. The van der Waals surface area contributed by atoms with Crippen LogP contribution in [0, 0.1) is 6.92 Å². The fourth-order valence-electron chi connectivity index (χ4n) is 2.37. The van der Waals surface area contributed by atoms with E-state index >= 15 is 0 Å². The standard InChI is InChI=1S/C13H15N3O/c1-9-6-7-16-12(8-9)14-13(15-16)10-2-4-11(17)5-3-10/h6-8,10H,2-5H2,1H3. The lowest BCUT2D eigenvalue weighted by Crippen LogP contribution is -2.13. The number of ketones is 1. The molecule has 4 heteroatoms. The van der Waals surface area contributed by atoms with Crippen LogP contribution in [0.15, 0.2) is 18.3 Å². The maximum atomic E-state index is 11.2. The normalized spacial score (nSPS) is 17.8. The molecule has 0 bridgehead atoms. The Morgan fingerprint density at radius 3 is 2.88 bits per heavy atom. The summed E-state index contributed by atoms with van der Waals surface area (Å²) < 4.78 is 1.82. The molecular weight excluding hydrogens is 214 g/mol. The third-order valence-corrected chi connectivity index (χ3v) is 3.42. The molecule has 0 aliphatic heterocycles. The Morgan fingerprint density at radius 1 is 1.35 bits per heavy atom. The number of hydrogen-bond acceptors (Lipinski definition) is 3. The van der Waals surface area contributed by atoms with E-state index in [1.165, 1.54) is 5.56 Å². The quantitative estimate of drug-likeness (QED) is 0.753. The lowest BCUT2D eigenvalue weighted by molar-refractivity contribution is -0.120. The monoisotopic (exact) mass is 229 g/mol. The van der Waals surface area contributed by atoms with Crippen molar-refractivity contribution in [2.24, 2.45) is 0 Å². The van der Waals surface area contributed by atoms with Gasteiger partial charge in [-0.05, 0) is 37.5 Å². The number of rotatable bonds is 1. The Balaban J connectivity index is 1.92. The van der Waals surface area contributed by atoms with Crippen molar-refractivity contribution < 1.29 is 4.79 Å². The maximum Gasteiger partial charge on any atom is 0.155 e. The molecule has 4 nitrogen and oxygen atoms in total. The average Bonchev–Trinajstić information content (AvgIpc) is 2.72. The molecule has 2 aromatic rings. The van der Waals surface area contributed by atoms with Crippen molar-refractivity contribution in [1.29, 1.82) is 0 Å². The molecule has 1 fully saturated rings. The number of nitrogens with zero attached hydrogens (tertiary/aromatic N) is 3. The number of aromatic nitrogens is 3. The van der Waals surface area contributed by atoms with Gasteiger partial charge in [0.15, 0.2) is 11.5 Å². The molecule has 0 spiro atoms. The number of carbonyl (C=O) groups is 1. The molecule has 0 amide bonds. The van der Waals surface area contributed by atoms with Crippen LogP contribution in [0.25, 0.3) is 5.65 Å². The van der Waals surface area contributed by atoms with Gasteiger partial charge in [-0.2, -0.15) is 5.10 Å². The molecular formula is C13H15N3O. The lowest BCUT2D eigenvalue weighted by Gasteiger charge is -2.17. The van der Waals surface area contributed by atoms with Gasteiger partial charge in [0.25, 0.3) is 0 Å². The Labute approximate surface area is 99.7 Å². The minimum Gasteiger partial charge on any atom is -0.300 e. The van der Waals surface area contributed by atoms with Gasteiger partial charge in [0.1, 0.15) is 5.78 Å². The van der Waals surface area contributed by atoms with Gasteiger partial charge in [-0.3, -0.25) is 4.79 Å². The van der Waals surface area contributed by atoms with E-state index in [0.717, 1.165) is 24.3 Å². The van der Waals surface area contributed by atoms with Crippen molar-refractivity contribution in [3.05, 3.63) is 29.7 Å². The molecule has 0 radical (unpaired) electrons. The maximum absolute atomic E-state index is 11.2. The number of aryl methyl sites for hydroxylation is 1. The Morgan fingerprint density at radius 2 is 2.12 bits per heavy atom. The molecule has 1 aliphatic rings. The SMILES string of the molecule is Cc1ccn2nc(C3CCC(=O)CC3)nc2c1. The van der Waals surface area contributed by atoms with E-state index in [4.69, 9.17) is 0 Å². The Kier molecular flexibility index (Phi) is 2.42. The number of fused-ring (bicyclic) bond motifs is 1. The van der Waals surface area contributed by atoms with Crippen molar-refractivity contribution in [2.75, 3.05) is 0 Å². The van der Waals surface area contributed by atoms with E-state index in [9.17, 15) is 4.79 Å². The lowest BCUT2D eigenvalue weighted by atomic mass is 9.88. The number of hydrogen-bond donors (Lipinski definition) is 0. The molecule has 3 rings (SSSR count). The summed E-state index contributed by atoms with van der Waals surface area (Å²) in [4.78, 5) is 15.8. The molecule has 17 heavy (non-hydrogen) atoms. The van der Waals surface area contributed by atoms with Gasteiger partial charge in [-0.1, -0.05) is 0 Å². The van der Waals surface area contributed by atoms with Crippen LogP contribution >= 0.6 is 0 Å². The summed E-state index contributed by atoms with van der Waals surface area (Å²) in [6.07, 6.45) is 5.09. The Bertz CT molecular complexity index is 563. The van der Waals surface area contributed by atoms with Crippen molar-refractivity contribution in [3.63, 3.8) is 0 Å². The first kappa shape index (κ1) is 10.4. The highest BCUT2D eigenvalue weighted by Gasteiger charge is 2.23. The summed E-state index contributed by atoms with van der Waals surface area (Å²) in [7, 11) is 0. The summed E-state index contributed by atoms with van der Waals surface area (Å²) in [5.74, 6) is 1.62. The fraction of sp³-hybridized carbons (Fsp3) is 0.462. The Hall–Kier alpha value is -1.71. The molecule has 0 saturated heterocycles. The summed E-state index contributed by atoms with van der Waals surface area (Å²) >= 11 is 0. The minimum absolute atomic E-state index is 0.355. The highest BCUT2D eigenvalue weighted by atomic mass is 16.1. The minimum atomic E-state index is 0.355. The largest absolute Gasteiger partial charge is 0.300 e. The average molecular weight is 229 g/mol. The third-order valence-electron chi connectivity index (χ3n) is 3.42. The van der Waals surface area contributed by atoms with Crippen LogP contribution in [0.1, 0.15) is 43.0 Å². The smallest absolute Gasteiger partial charge is 0.155 e. The summed E-state index contributed by atoms with van der Waals surface area (Å²) in [6, 6.07) is 4.06. The molecule has 0 unspecified atom stereocenters. The van der Waals surface area contributed by atoms with E-state index in [2.05, 4.69) is 10.1 Å². The van der Waals surface area contributed by atoms with E-state index < -0.39 is 0 Å². The van der Waals surface area contributed by atoms with Gasteiger partial charge in [0.05, 0.1) is 0 Å². The second-order valence-electron chi connectivity index (χ2n) is 4.79. The van der Waals surface area contributed by atoms with Crippen LogP contribution in [0.5, 0.6) is 0 Å². The molecule has 2 aromatic heterocycles. The van der Waals surface area contributed by atoms with Gasteiger partial charge in [0.2, 0.25) is 0 Å². The molecule has 0 atom stereocenters. The molecule has 88 valence electrons. The van der Waals surface area contributed by atoms with E-state index in [1.807, 2.05) is 29.8 Å².